The lowest BCUT2D eigenvalue weighted by Crippen LogP contribution is -2.45. The van der Waals surface area contributed by atoms with Crippen LogP contribution in [0.2, 0.25) is 0 Å². The third-order valence-electron chi connectivity index (χ3n) is 3.28. The minimum Gasteiger partial charge on any atom is -0.382 e. The summed E-state index contributed by atoms with van der Waals surface area (Å²) in [6.07, 6.45) is -0.365. The maximum Gasteiger partial charge on any atom is 0.179 e. The van der Waals surface area contributed by atoms with Crippen LogP contribution in [-0.4, -0.2) is 47.8 Å². The summed E-state index contributed by atoms with van der Waals surface area (Å²) in [7, 11) is 0. The van der Waals surface area contributed by atoms with Crippen LogP contribution < -0.4 is 17.2 Å². The molecule has 0 saturated carbocycles. The van der Waals surface area contributed by atoms with Gasteiger partial charge in [0, 0.05) is 6.42 Å². The highest BCUT2D eigenvalue weighted by Gasteiger charge is 2.48. The SMILES string of the molecule is Nc1ncnc2c1ncn2[C@@H]1O[C@H](C(N)O)C[C@@]1(N)O. The molecule has 0 aromatic carbocycles. The second kappa shape index (κ2) is 4.33. The number of imidazole rings is 1. The first-order chi connectivity index (χ1) is 9.40. The molecule has 4 atom stereocenters. The first kappa shape index (κ1) is 13.1. The highest BCUT2D eigenvalue weighted by molar-refractivity contribution is 5.81. The molecule has 10 heteroatoms. The van der Waals surface area contributed by atoms with Crippen molar-refractivity contribution >= 4 is 17.0 Å². The maximum absolute atomic E-state index is 10.2. The zero-order chi connectivity index (χ0) is 14.5. The number of hydrogen-bond acceptors (Lipinski definition) is 9. The average molecular weight is 281 g/mol. The summed E-state index contributed by atoms with van der Waals surface area (Å²) < 4.78 is 6.94. The number of nitrogens with two attached hydrogens (primary N) is 3. The largest absolute Gasteiger partial charge is 0.382 e. The van der Waals surface area contributed by atoms with Crippen LogP contribution in [0.1, 0.15) is 12.6 Å². The Hall–Kier alpha value is -1.85. The maximum atomic E-state index is 10.2. The Morgan fingerprint density at radius 1 is 1.45 bits per heavy atom. The van der Waals surface area contributed by atoms with E-state index in [4.69, 9.17) is 21.9 Å². The third kappa shape index (κ3) is 1.90. The summed E-state index contributed by atoms with van der Waals surface area (Å²) >= 11 is 0. The van der Waals surface area contributed by atoms with Gasteiger partial charge < -0.3 is 26.4 Å². The Kier molecular flexibility index (Phi) is 2.84. The minimum atomic E-state index is -1.71. The van der Waals surface area contributed by atoms with Gasteiger partial charge in [-0.25, -0.2) is 15.0 Å². The highest BCUT2D eigenvalue weighted by atomic mass is 16.6. The van der Waals surface area contributed by atoms with Crippen molar-refractivity contribution < 1.29 is 14.9 Å². The first-order valence-corrected chi connectivity index (χ1v) is 5.93. The summed E-state index contributed by atoms with van der Waals surface area (Å²) in [5.74, 6) is 0.211. The minimum absolute atomic E-state index is 0.0183. The van der Waals surface area contributed by atoms with E-state index in [0.29, 0.717) is 11.2 Å². The summed E-state index contributed by atoms with van der Waals surface area (Å²) in [5.41, 5.74) is 15.9. The summed E-state index contributed by atoms with van der Waals surface area (Å²) in [6, 6.07) is 0. The number of fused-ring (bicyclic) bond motifs is 1. The smallest absolute Gasteiger partial charge is 0.179 e. The van der Waals surface area contributed by atoms with Crippen LogP contribution in [-0.2, 0) is 4.74 Å². The van der Waals surface area contributed by atoms with Gasteiger partial charge in [-0.1, -0.05) is 0 Å². The molecule has 10 nitrogen and oxygen atoms in total. The van der Waals surface area contributed by atoms with Gasteiger partial charge >= 0.3 is 0 Å². The molecule has 8 N–H and O–H groups in total. The number of aliphatic hydroxyl groups excluding tert-OH is 1. The van der Waals surface area contributed by atoms with Crippen LogP contribution in [0.25, 0.3) is 11.2 Å². The zero-order valence-electron chi connectivity index (χ0n) is 10.4. The number of anilines is 1. The van der Waals surface area contributed by atoms with Crippen LogP contribution in [0.4, 0.5) is 5.82 Å². The molecule has 0 radical (unpaired) electrons. The number of nitrogen functional groups attached to an aromatic ring is 1. The van der Waals surface area contributed by atoms with Crippen molar-refractivity contribution in [2.24, 2.45) is 11.5 Å². The van der Waals surface area contributed by atoms with Crippen molar-refractivity contribution in [3.8, 4) is 0 Å². The van der Waals surface area contributed by atoms with E-state index in [1.165, 1.54) is 17.2 Å². The molecule has 108 valence electrons. The molecule has 2 aromatic heterocycles. The molecular weight excluding hydrogens is 266 g/mol. The summed E-state index contributed by atoms with van der Waals surface area (Å²) in [5, 5.41) is 19.6. The molecule has 1 aliphatic heterocycles. The Labute approximate surface area is 113 Å². The van der Waals surface area contributed by atoms with Gasteiger partial charge in [-0.3, -0.25) is 10.3 Å². The third-order valence-corrected chi connectivity index (χ3v) is 3.28. The van der Waals surface area contributed by atoms with Gasteiger partial charge in [-0.15, -0.1) is 0 Å². The molecule has 1 fully saturated rings. The number of aromatic nitrogens is 4. The van der Waals surface area contributed by atoms with Gasteiger partial charge in [-0.05, 0) is 0 Å². The quantitative estimate of drug-likeness (QED) is 0.377. The van der Waals surface area contributed by atoms with E-state index in [0.717, 1.165) is 0 Å². The van der Waals surface area contributed by atoms with E-state index in [2.05, 4.69) is 15.0 Å². The summed E-state index contributed by atoms with van der Waals surface area (Å²) in [4.78, 5) is 11.9. The Morgan fingerprint density at radius 2 is 2.20 bits per heavy atom. The van der Waals surface area contributed by atoms with Crippen LogP contribution >= 0.6 is 0 Å². The number of ether oxygens (including phenoxy) is 1. The molecule has 0 spiro atoms. The first-order valence-electron chi connectivity index (χ1n) is 5.93. The zero-order valence-corrected chi connectivity index (χ0v) is 10.4. The van der Waals surface area contributed by atoms with Crippen LogP contribution in [0.5, 0.6) is 0 Å². The molecule has 3 heterocycles. The van der Waals surface area contributed by atoms with Crippen molar-refractivity contribution in [3.63, 3.8) is 0 Å². The van der Waals surface area contributed by atoms with E-state index in [1.807, 2.05) is 0 Å². The van der Waals surface area contributed by atoms with Crippen molar-refractivity contribution in [2.75, 3.05) is 5.73 Å². The molecule has 20 heavy (non-hydrogen) atoms. The molecule has 3 rings (SSSR count). The lowest BCUT2D eigenvalue weighted by atomic mass is 10.1. The average Bonchev–Trinajstić information content (AvgIpc) is 2.90. The van der Waals surface area contributed by atoms with Gasteiger partial charge in [-0.2, -0.15) is 0 Å². The fraction of sp³-hybridized carbons (Fsp3) is 0.500. The van der Waals surface area contributed by atoms with E-state index < -0.39 is 24.3 Å². The highest BCUT2D eigenvalue weighted by Crippen LogP contribution is 2.36. The normalized spacial score (nSPS) is 31.8. The van der Waals surface area contributed by atoms with Gasteiger partial charge in [0.2, 0.25) is 0 Å². The molecule has 2 aromatic rings. The summed E-state index contributed by atoms with van der Waals surface area (Å²) in [6.45, 7) is 0. The van der Waals surface area contributed by atoms with Crippen molar-refractivity contribution in [2.45, 2.75) is 30.7 Å². The molecular formula is C10H15N7O3. The molecule has 0 aliphatic carbocycles. The predicted octanol–water partition coefficient (Wildman–Crippen LogP) is -2.38. The molecule has 1 saturated heterocycles. The Balaban J connectivity index is 2.05. The Bertz CT molecular complexity index is 641. The molecule has 1 unspecified atom stereocenters. The van der Waals surface area contributed by atoms with Crippen LogP contribution in [0.3, 0.4) is 0 Å². The number of nitrogens with zero attached hydrogens (tertiary/aromatic N) is 4. The molecule has 0 bridgehead atoms. The van der Waals surface area contributed by atoms with Gasteiger partial charge in [0.1, 0.15) is 24.2 Å². The number of rotatable bonds is 2. The van der Waals surface area contributed by atoms with Crippen LogP contribution in [0, 0.1) is 0 Å². The standard InChI is InChI=1S/C10H15N7O3/c11-6-5-8(15-2-14-6)17(3-16-5)9-10(13,19)1-4(20-9)7(12)18/h2-4,7,9,18-19H,1,12-13H2,(H2,11,14,15)/t4-,7?,9+,10+/m0/s1. The lowest BCUT2D eigenvalue weighted by Gasteiger charge is -2.24. The number of hydrogen-bond donors (Lipinski definition) is 5. The second-order valence-electron chi connectivity index (χ2n) is 4.80. The Morgan fingerprint density at radius 3 is 2.85 bits per heavy atom. The molecule has 0 amide bonds. The van der Waals surface area contributed by atoms with Crippen molar-refractivity contribution in [1.82, 2.24) is 19.5 Å². The number of aliphatic hydroxyl groups is 2. The monoisotopic (exact) mass is 281 g/mol. The lowest BCUT2D eigenvalue weighted by molar-refractivity contribution is -0.102. The topological polar surface area (TPSA) is 171 Å². The van der Waals surface area contributed by atoms with E-state index in [-0.39, 0.29) is 12.2 Å². The van der Waals surface area contributed by atoms with Gasteiger partial charge in [0.15, 0.2) is 23.4 Å². The second-order valence-corrected chi connectivity index (χ2v) is 4.80. The van der Waals surface area contributed by atoms with E-state index in [1.54, 1.807) is 0 Å². The van der Waals surface area contributed by atoms with Crippen LogP contribution in [0.15, 0.2) is 12.7 Å². The van der Waals surface area contributed by atoms with Gasteiger partial charge in [0.25, 0.3) is 0 Å². The molecule has 1 aliphatic rings. The fourth-order valence-electron chi connectivity index (χ4n) is 2.30. The predicted molar refractivity (Wildman–Crippen MR) is 67.6 cm³/mol. The van der Waals surface area contributed by atoms with Crippen molar-refractivity contribution in [1.29, 1.82) is 0 Å². The van der Waals surface area contributed by atoms with Crippen molar-refractivity contribution in [3.05, 3.63) is 12.7 Å². The van der Waals surface area contributed by atoms with E-state index in [9.17, 15) is 10.2 Å². The van der Waals surface area contributed by atoms with E-state index >= 15 is 0 Å². The fourth-order valence-corrected chi connectivity index (χ4v) is 2.30. The van der Waals surface area contributed by atoms with Gasteiger partial charge in [0.05, 0.1) is 6.33 Å².